The third-order valence-electron chi connectivity index (χ3n) is 2.72. The van der Waals surface area contributed by atoms with E-state index in [0.717, 1.165) is 17.4 Å². The van der Waals surface area contributed by atoms with Crippen molar-refractivity contribution in [3.63, 3.8) is 0 Å². The van der Waals surface area contributed by atoms with Gasteiger partial charge in [-0.1, -0.05) is 42.1 Å². The molecule has 1 heterocycles. The van der Waals surface area contributed by atoms with Crippen LogP contribution in [0.2, 0.25) is 0 Å². The Morgan fingerprint density at radius 3 is 2.50 bits per heavy atom. The average molecular weight is 232 g/mol. The largest absolute Gasteiger partial charge is 0.256 e. The number of thioether (sulfide) groups is 1. The first kappa shape index (κ1) is 11.4. The van der Waals surface area contributed by atoms with Crippen molar-refractivity contribution < 1.29 is 0 Å². The van der Waals surface area contributed by atoms with E-state index >= 15 is 0 Å². The lowest BCUT2D eigenvalue weighted by atomic mass is 10.1. The van der Waals surface area contributed by atoms with E-state index in [9.17, 15) is 0 Å². The van der Waals surface area contributed by atoms with Crippen molar-refractivity contribution in [1.82, 2.24) is 0 Å². The van der Waals surface area contributed by atoms with Gasteiger partial charge < -0.3 is 0 Å². The van der Waals surface area contributed by atoms with Gasteiger partial charge in [0.2, 0.25) is 0 Å². The molecule has 3 heteroatoms. The molecule has 84 valence electrons. The molecule has 0 N–H and O–H groups in total. The zero-order valence-corrected chi connectivity index (χ0v) is 10.7. The molecule has 0 bridgehead atoms. The third-order valence-corrected chi connectivity index (χ3v) is 3.93. The zero-order chi connectivity index (χ0) is 11.6. The van der Waals surface area contributed by atoms with E-state index in [0.29, 0.717) is 0 Å². The minimum atomic E-state index is 0.107. The normalized spacial score (nSPS) is 21.2. The smallest absolute Gasteiger partial charge is 0.184 e. The fourth-order valence-corrected chi connectivity index (χ4v) is 2.37. The Morgan fingerprint density at radius 1 is 1.25 bits per heavy atom. The van der Waals surface area contributed by atoms with E-state index in [-0.39, 0.29) is 4.75 Å². The van der Waals surface area contributed by atoms with Gasteiger partial charge in [0.15, 0.2) is 5.17 Å². The highest BCUT2D eigenvalue weighted by Crippen LogP contribution is 2.34. The molecule has 16 heavy (non-hydrogen) atoms. The summed E-state index contributed by atoms with van der Waals surface area (Å²) in [6.07, 6.45) is 0. The Bertz CT molecular complexity index is 433. The van der Waals surface area contributed by atoms with Crippen molar-refractivity contribution in [3.8, 4) is 0 Å². The molecule has 0 aliphatic carbocycles. The van der Waals surface area contributed by atoms with E-state index in [1.54, 1.807) is 11.8 Å². The summed E-state index contributed by atoms with van der Waals surface area (Å²) in [5, 5.41) is 0.909. The summed E-state index contributed by atoms with van der Waals surface area (Å²) >= 11 is 1.74. The number of benzene rings is 1. The molecule has 0 saturated carbocycles. The molecule has 0 spiro atoms. The first-order valence-electron chi connectivity index (χ1n) is 5.41. The van der Waals surface area contributed by atoms with Gasteiger partial charge in [-0.05, 0) is 26.3 Å². The zero-order valence-electron chi connectivity index (χ0n) is 9.90. The number of aliphatic imine (C=N–C) groups is 2. The van der Waals surface area contributed by atoms with Gasteiger partial charge in [-0.15, -0.1) is 0 Å². The van der Waals surface area contributed by atoms with E-state index in [4.69, 9.17) is 0 Å². The van der Waals surface area contributed by atoms with Crippen LogP contribution in [0.3, 0.4) is 0 Å². The van der Waals surface area contributed by atoms with Crippen molar-refractivity contribution in [2.45, 2.75) is 32.1 Å². The minimum Gasteiger partial charge on any atom is -0.256 e. The molecule has 1 aliphatic rings. The Hall–Kier alpha value is -1.09. The molecule has 2 nitrogen and oxygen atoms in total. The van der Waals surface area contributed by atoms with Gasteiger partial charge in [-0.25, -0.2) is 4.99 Å². The lowest BCUT2D eigenvalue weighted by Crippen LogP contribution is -2.20. The molecule has 0 amide bonds. The lowest BCUT2D eigenvalue weighted by molar-refractivity contribution is 0.959. The van der Waals surface area contributed by atoms with Crippen molar-refractivity contribution in [2.75, 3.05) is 0 Å². The van der Waals surface area contributed by atoms with Crippen LogP contribution >= 0.6 is 11.8 Å². The maximum absolute atomic E-state index is 4.53. The fraction of sp³-hybridized carbons (Fsp3) is 0.385. The highest BCUT2D eigenvalue weighted by atomic mass is 32.2. The minimum absolute atomic E-state index is 0.107. The van der Waals surface area contributed by atoms with Crippen LogP contribution in [0.15, 0.2) is 40.3 Å². The van der Waals surface area contributed by atoms with E-state index < -0.39 is 0 Å². The van der Waals surface area contributed by atoms with Gasteiger partial charge in [0.05, 0.1) is 11.3 Å². The SMILES string of the molecule is CC1=NC(=NCc2ccccc2)SC1(C)C. The fourth-order valence-electron chi connectivity index (χ4n) is 1.41. The molecule has 0 saturated heterocycles. The molecule has 1 aromatic rings. The van der Waals surface area contributed by atoms with Crippen LogP contribution in [-0.4, -0.2) is 15.6 Å². The Balaban J connectivity index is 2.06. The van der Waals surface area contributed by atoms with Crippen molar-refractivity contribution in [1.29, 1.82) is 0 Å². The second-order valence-electron chi connectivity index (χ2n) is 4.39. The molecule has 1 aromatic carbocycles. The predicted molar refractivity (Wildman–Crippen MR) is 72.4 cm³/mol. The van der Waals surface area contributed by atoms with Crippen LogP contribution < -0.4 is 0 Å². The van der Waals surface area contributed by atoms with Crippen LogP contribution in [0.1, 0.15) is 26.3 Å². The molecular formula is C13H16N2S. The summed E-state index contributed by atoms with van der Waals surface area (Å²) in [4.78, 5) is 9.02. The first-order chi connectivity index (χ1) is 7.58. The second-order valence-corrected chi connectivity index (χ2v) is 5.98. The molecule has 0 atom stereocenters. The van der Waals surface area contributed by atoms with Crippen molar-refractivity contribution in [3.05, 3.63) is 35.9 Å². The standard InChI is InChI=1S/C13H16N2S/c1-10-13(2,3)16-12(15-10)14-9-11-7-5-4-6-8-11/h4-8H,9H2,1-3H3. The van der Waals surface area contributed by atoms with Crippen LogP contribution in [-0.2, 0) is 6.54 Å². The van der Waals surface area contributed by atoms with Gasteiger partial charge in [0.25, 0.3) is 0 Å². The Labute approximate surface area is 101 Å². The van der Waals surface area contributed by atoms with Gasteiger partial charge >= 0.3 is 0 Å². The van der Waals surface area contributed by atoms with E-state index in [2.05, 4.69) is 42.9 Å². The highest BCUT2D eigenvalue weighted by molar-refractivity contribution is 8.16. The predicted octanol–water partition coefficient (Wildman–Crippen LogP) is 3.53. The Kier molecular flexibility index (Phi) is 3.15. The highest BCUT2D eigenvalue weighted by Gasteiger charge is 2.30. The first-order valence-corrected chi connectivity index (χ1v) is 6.23. The van der Waals surface area contributed by atoms with Crippen LogP contribution in [0.4, 0.5) is 0 Å². The average Bonchev–Trinajstić information content (AvgIpc) is 2.52. The molecule has 0 unspecified atom stereocenters. The summed E-state index contributed by atoms with van der Waals surface area (Å²) in [6.45, 7) is 7.15. The number of hydrogen-bond acceptors (Lipinski definition) is 2. The third kappa shape index (κ3) is 2.53. The van der Waals surface area contributed by atoms with Crippen LogP contribution in [0, 0.1) is 0 Å². The number of amidine groups is 1. The van der Waals surface area contributed by atoms with E-state index in [1.807, 2.05) is 18.2 Å². The molecule has 0 fully saturated rings. The summed E-state index contributed by atoms with van der Waals surface area (Å²) in [5.41, 5.74) is 2.39. The van der Waals surface area contributed by atoms with Gasteiger partial charge in [-0.2, -0.15) is 0 Å². The number of hydrogen-bond donors (Lipinski definition) is 0. The monoisotopic (exact) mass is 232 g/mol. The van der Waals surface area contributed by atoms with Crippen LogP contribution in [0.25, 0.3) is 0 Å². The van der Waals surface area contributed by atoms with Crippen LogP contribution in [0.5, 0.6) is 0 Å². The van der Waals surface area contributed by atoms with Gasteiger partial charge in [0, 0.05) is 5.71 Å². The molecule has 1 aliphatic heterocycles. The second kappa shape index (κ2) is 4.42. The maximum atomic E-state index is 4.53. The maximum Gasteiger partial charge on any atom is 0.184 e. The lowest BCUT2D eigenvalue weighted by Gasteiger charge is -2.14. The topological polar surface area (TPSA) is 24.7 Å². The quantitative estimate of drug-likeness (QED) is 0.765. The number of nitrogens with zero attached hydrogens (tertiary/aromatic N) is 2. The number of rotatable bonds is 2. The van der Waals surface area contributed by atoms with Gasteiger partial charge in [0.1, 0.15) is 0 Å². The Morgan fingerprint density at radius 2 is 1.94 bits per heavy atom. The van der Waals surface area contributed by atoms with Crippen molar-refractivity contribution in [2.24, 2.45) is 9.98 Å². The summed E-state index contributed by atoms with van der Waals surface area (Å²) in [7, 11) is 0. The van der Waals surface area contributed by atoms with Crippen molar-refractivity contribution >= 4 is 22.6 Å². The van der Waals surface area contributed by atoms with E-state index in [1.165, 1.54) is 5.56 Å². The molecular weight excluding hydrogens is 216 g/mol. The summed E-state index contributed by atoms with van der Waals surface area (Å²) in [6, 6.07) is 10.3. The summed E-state index contributed by atoms with van der Waals surface area (Å²) < 4.78 is 0.107. The molecule has 0 radical (unpaired) electrons. The molecule has 0 aromatic heterocycles. The van der Waals surface area contributed by atoms with Gasteiger partial charge in [-0.3, -0.25) is 4.99 Å². The summed E-state index contributed by atoms with van der Waals surface area (Å²) in [5.74, 6) is 0. The molecule has 2 rings (SSSR count).